The molecular formula is C19H40N4O2. The third-order valence-electron chi connectivity index (χ3n) is 4.33. The van der Waals surface area contributed by atoms with Crippen LogP contribution in [0.25, 0.3) is 0 Å². The Labute approximate surface area is 153 Å². The molecule has 0 fully saturated rings. The first-order valence-corrected chi connectivity index (χ1v) is 9.86. The Morgan fingerprint density at radius 2 is 1.36 bits per heavy atom. The minimum atomic E-state index is -1.30. The number of aliphatic hydroxyl groups excluding tert-OH is 2. The lowest BCUT2D eigenvalue weighted by atomic mass is 10.0. The van der Waals surface area contributed by atoms with Gasteiger partial charge in [0.05, 0.1) is 12.1 Å². The highest BCUT2D eigenvalue weighted by atomic mass is 16.3. The summed E-state index contributed by atoms with van der Waals surface area (Å²) in [5.41, 5.74) is 16.0. The number of hydrogen-bond acceptors (Lipinski definition) is 4. The lowest BCUT2D eigenvalue weighted by molar-refractivity contribution is 0.0842. The van der Waals surface area contributed by atoms with Crippen LogP contribution in [-0.2, 0) is 0 Å². The van der Waals surface area contributed by atoms with Gasteiger partial charge >= 0.3 is 0 Å². The van der Waals surface area contributed by atoms with E-state index in [2.05, 4.69) is 11.9 Å². The van der Waals surface area contributed by atoms with Crippen LogP contribution < -0.4 is 17.2 Å². The molecule has 8 N–H and O–H groups in total. The molecule has 0 spiro atoms. The first-order chi connectivity index (χ1) is 12.0. The van der Waals surface area contributed by atoms with Gasteiger partial charge in [-0.15, -0.1) is 0 Å². The van der Waals surface area contributed by atoms with Crippen LogP contribution in [-0.4, -0.2) is 34.5 Å². The summed E-state index contributed by atoms with van der Waals surface area (Å²) in [7, 11) is 0. The van der Waals surface area contributed by atoms with Crippen LogP contribution in [0.1, 0.15) is 84.0 Å². The summed E-state index contributed by atoms with van der Waals surface area (Å²) in [6.45, 7) is 2.25. The standard InChI is InChI=1S/C19H40N4O2/c1-2-3-4-5-6-7-8-9-10-11-12-13-14-15-16(24)17(20)18(25)23-19(21)22/h14-18,24-25H,2-13,20H2,1H3,(H4,21,22,23)/b15-14+/t16-,17-,18?/m1/s1. The predicted molar refractivity (Wildman–Crippen MR) is 106 cm³/mol. The molecule has 1 unspecified atom stereocenters. The fraction of sp³-hybridized carbons (Fsp3) is 0.842. The number of guanidine groups is 1. The van der Waals surface area contributed by atoms with E-state index in [4.69, 9.17) is 17.2 Å². The van der Waals surface area contributed by atoms with E-state index in [-0.39, 0.29) is 5.96 Å². The first kappa shape index (κ1) is 23.9. The van der Waals surface area contributed by atoms with Gasteiger partial charge < -0.3 is 27.4 Å². The summed E-state index contributed by atoms with van der Waals surface area (Å²) < 4.78 is 0. The monoisotopic (exact) mass is 356 g/mol. The zero-order chi connectivity index (χ0) is 18.9. The number of hydrogen-bond donors (Lipinski definition) is 5. The van der Waals surface area contributed by atoms with Crippen molar-refractivity contribution >= 4 is 5.96 Å². The Hall–Kier alpha value is -1.11. The van der Waals surface area contributed by atoms with Gasteiger partial charge in [0.15, 0.2) is 12.2 Å². The molecule has 0 amide bonds. The molecule has 0 heterocycles. The highest BCUT2D eigenvalue weighted by molar-refractivity contribution is 5.75. The van der Waals surface area contributed by atoms with E-state index in [1.54, 1.807) is 6.08 Å². The number of aliphatic hydroxyl groups is 2. The molecule has 0 aliphatic rings. The summed E-state index contributed by atoms with van der Waals surface area (Å²) in [5, 5.41) is 19.5. The smallest absolute Gasteiger partial charge is 0.188 e. The first-order valence-electron chi connectivity index (χ1n) is 9.86. The molecule has 0 saturated carbocycles. The molecule has 0 saturated heterocycles. The van der Waals surface area contributed by atoms with Gasteiger partial charge in [-0.1, -0.05) is 83.3 Å². The molecule has 3 atom stereocenters. The van der Waals surface area contributed by atoms with Crippen molar-refractivity contribution in [3.05, 3.63) is 12.2 Å². The second-order valence-corrected chi connectivity index (χ2v) is 6.79. The van der Waals surface area contributed by atoms with Gasteiger partial charge in [0.2, 0.25) is 0 Å². The second kappa shape index (κ2) is 16.4. The third-order valence-corrected chi connectivity index (χ3v) is 4.33. The topological polar surface area (TPSA) is 131 Å². The highest BCUT2D eigenvalue weighted by Gasteiger charge is 2.20. The van der Waals surface area contributed by atoms with Gasteiger partial charge in [-0.3, -0.25) is 0 Å². The number of aliphatic imine (C=N–C) groups is 1. The van der Waals surface area contributed by atoms with E-state index in [1.807, 2.05) is 6.08 Å². The van der Waals surface area contributed by atoms with Gasteiger partial charge in [0, 0.05) is 0 Å². The number of unbranched alkanes of at least 4 members (excludes halogenated alkanes) is 11. The zero-order valence-corrected chi connectivity index (χ0v) is 15.9. The van der Waals surface area contributed by atoms with Crippen molar-refractivity contribution in [3.63, 3.8) is 0 Å². The van der Waals surface area contributed by atoms with Crippen molar-refractivity contribution in [2.45, 2.75) is 102 Å². The molecular weight excluding hydrogens is 316 g/mol. The molecule has 0 aromatic rings. The summed E-state index contributed by atoms with van der Waals surface area (Å²) in [5.74, 6) is -0.250. The fourth-order valence-electron chi connectivity index (χ4n) is 2.71. The average Bonchev–Trinajstić information content (AvgIpc) is 2.57. The molecule has 0 radical (unpaired) electrons. The Balaban J connectivity index is 3.55. The summed E-state index contributed by atoms with van der Waals surface area (Å²) in [6.07, 6.45) is 16.6. The molecule has 0 aliphatic heterocycles. The minimum absolute atomic E-state index is 0.250. The quantitative estimate of drug-likeness (QED) is 0.125. The van der Waals surface area contributed by atoms with E-state index < -0.39 is 18.4 Å². The second-order valence-electron chi connectivity index (χ2n) is 6.79. The van der Waals surface area contributed by atoms with Crippen LogP contribution in [0.4, 0.5) is 0 Å². The van der Waals surface area contributed by atoms with Gasteiger partial charge in [0.25, 0.3) is 0 Å². The summed E-state index contributed by atoms with van der Waals surface area (Å²) in [4.78, 5) is 3.52. The highest BCUT2D eigenvalue weighted by Crippen LogP contribution is 2.12. The van der Waals surface area contributed by atoms with Crippen LogP contribution in [0, 0.1) is 0 Å². The molecule has 6 nitrogen and oxygen atoms in total. The molecule has 0 aliphatic carbocycles. The molecule has 0 aromatic heterocycles. The van der Waals surface area contributed by atoms with E-state index in [0.29, 0.717) is 0 Å². The van der Waals surface area contributed by atoms with Crippen molar-refractivity contribution < 1.29 is 10.2 Å². The molecule has 0 rings (SSSR count). The van der Waals surface area contributed by atoms with Crippen molar-refractivity contribution in [3.8, 4) is 0 Å². The van der Waals surface area contributed by atoms with Gasteiger partial charge in [-0.05, 0) is 12.8 Å². The lowest BCUT2D eigenvalue weighted by Crippen LogP contribution is -2.44. The van der Waals surface area contributed by atoms with Crippen molar-refractivity contribution in [1.29, 1.82) is 0 Å². The van der Waals surface area contributed by atoms with Crippen LogP contribution in [0.2, 0.25) is 0 Å². The van der Waals surface area contributed by atoms with Crippen LogP contribution in [0.3, 0.4) is 0 Å². The molecule has 0 bridgehead atoms. The Morgan fingerprint density at radius 1 is 0.880 bits per heavy atom. The molecule has 148 valence electrons. The maximum absolute atomic E-state index is 9.86. The van der Waals surface area contributed by atoms with E-state index in [0.717, 1.165) is 12.8 Å². The van der Waals surface area contributed by atoms with Crippen LogP contribution in [0.15, 0.2) is 17.1 Å². The number of nitrogens with two attached hydrogens (primary N) is 3. The van der Waals surface area contributed by atoms with Crippen LogP contribution in [0.5, 0.6) is 0 Å². The largest absolute Gasteiger partial charge is 0.387 e. The van der Waals surface area contributed by atoms with Gasteiger partial charge in [-0.25, -0.2) is 4.99 Å². The lowest BCUT2D eigenvalue weighted by Gasteiger charge is -2.18. The number of rotatable bonds is 16. The molecule has 6 heteroatoms. The molecule has 0 aromatic carbocycles. The predicted octanol–water partition coefficient (Wildman–Crippen LogP) is 2.52. The van der Waals surface area contributed by atoms with E-state index >= 15 is 0 Å². The normalized spacial score (nSPS) is 15.2. The maximum atomic E-state index is 9.86. The van der Waals surface area contributed by atoms with Gasteiger partial charge in [-0.2, -0.15) is 0 Å². The Kier molecular flexibility index (Phi) is 15.6. The average molecular weight is 357 g/mol. The zero-order valence-electron chi connectivity index (χ0n) is 15.9. The van der Waals surface area contributed by atoms with E-state index in [9.17, 15) is 10.2 Å². The van der Waals surface area contributed by atoms with Gasteiger partial charge in [0.1, 0.15) is 0 Å². The summed E-state index contributed by atoms with van der Waals surface area (Å²) >= 11 is 0. The third kappa shape index (κ3) is 14.9. The molecule has 25 heavy (non-hydrogen) atoms. The van der Waals surface area contributed by atoms with E-state index in [1.165, 1.54) is 64.2 Å². The van der Waals surface area contributed by atoms with Crippen LogP contribution >= 0.6 is 0 Å². The Bertz CT molecular complexity index is 357. The minimum Gasteiger partial charge on any atom is -0.387 e. The SMILES string of the molecule is CCCCCCCCCCCCC/C=C/[C@@H](O)[C@@H](N)C(O)N=C(N)N. The number of nitrogens with zero attached hydrogens (tertiary/aromatic N) is 1. The maximum Gasteiger partial charge on any atom is 0.188 e. The Morgan fingerprint density at radius 3 is 1.84 bits per heavy atom. The van der Waals surface area contributed by atoms with Crippen molar-refractivity contribution in [2.75, 3.05) is 0 Å². The number of allylic oxidation sites excluding steroid dienone is 1. The van der Waals surface area contributed by atoms with Crippen molar-refractivity contribution in [2.24, 2.45) is 22.2 Å². The summed E-state index contributed by atoms with van der Waals surface area (Å²) in [6, 6.07) is -0.935. The van der Waals surface area contributed by atoms with Crippen molar-refractivity contribution in [1.82, 2.24) is 0 Å². The fourth-order valence-corrected chi connectivity index (χ4v) is 2.71.